The number of morpholine rings is 1. The molecule has 2 saturated heterocycles. The lowest BCUT2D eigenvalue weighted by Gasteiger charge is -2.32. The molecule has 2 fully saturated rings. The molecule has 0 unspecified atom stereocenters. The number of pyridine rings is 1. The first kappa shape index (κ1) is 23.7. The van der Waals surface area contributed by atoms with Crippen LogP contribution in [0.4, 0.5) is 22.9 Å². The quantitative estimate of drug-likeness (QED) is 0.509. The van der Waals surface area contributed by atoms with Gasteiger partial charge in [-0.3, -0.25) is 14.6 Å². The highest BCUT2D eigenvalue weighted by Gasteiger charge is 2.23. The number of carbonyl (C=O) groups excluding carboxylic acids is 2. The molecule has 2 aliphatic rings. The van der Waals surface area contributed by atoms with Crippen LogP contribution in [0.15, 0.2) is 48.9 Å². The average molecular weight is 484 g/mol. The van der Waals surface area contributed by atoms with Crippen LogP contribution in [0.5, 0.6) is 0 Å². The molecule has 1 aromatic carbocycles. The second-order valence-electron chi connectivity index (χ2n) is 8.50. The van der Waals surface area contributed by atoms with Crippen molar-refractivity contribution in [1.82, 2.24) is 19.8 Å². The van der Waals surface area contributed by atoms with Gasteiger partial charge in [0.15, 0.2) is 19.5 Å². The summed E-state index contributed by atoms with van der Waals surface area (Å²) in [5, 5.41) is 2.88. The first-order chi connectivity index (χ1) is 17.5. The topological polar surface area (TPSA) is 130 Å². The fraction of sp³-hybridized carbons (Fsp3) is 0.292. The molecule has 2 radical (unpaired) electrons. The van der Waals surface area contributed by atoms with Gasteiger partial charge in [-0.25, -0.2) is 9.97 Å². The van der Waals surface area contributed by atoms with Crippen LogP contribution >= 0.6 is 0 Å². The lowest BCUT2D eigenvalue weighted by molar-refractivity contribution is -0.119. The molecule has 0 bridgehead atoms. The second kappa shape index (κ2) is 10.3. The number of anilines is 4. The number of rotatable bonds is 5. The van der Waals surface area contributed by atoms with Crippen molar-refractivity contribution in [3.8, 4) is 11.3 Å². The molecule has 5 rings (SSSR count). The van der Waals surface area contributed by atoms with Gasteiger partial charge in [0, 0.05) is 43.6 Å². The molecule has 11 nitrogen and oxygen atoms in total. The lowest BCUT2D eigenvalue weighted by Crippen LogP contribution is -2.49. The highest BCUT2D eigenvalue weighted by atomic mass is 16.5. The third-order valence-electron chi connectivity index (χ3n) is 6.14. The number of hydrogen-bond acceptors (Lipinski definition) is 9. The van der Waals surface area contributed by atoms with E-state index in [0.717, 1.165) is 16.9 Å². The smallest absolute Gasteiger partial charge is 0.278 e. The summed E-state index contributed by atoms with van der Waals surface area (Å²) < 4.78 is 5.43. The maximum Gasteiger partial charge on any atom is 0.278 e. The van der Waals surface area contributed by atoms with Crippen molar-refractivity contribution in [3.63, 3.8) is 0 Å². The summed E-state index contributed by atoms with van der Waals surface area (Å²) in [6, 6.07) is 9.18. The highest BCUT2D eigenvalue weighted by Crippen LogP contribution is 2.27. The minimum Gasteiger partial charge on any atom is -0.382 e. The number of hydrogen-bond donors (Lipinski definition) is 2. The van der Waals surface area contributed by atoms with Gasteiger partial charge < -0.3 is 30.4 Å². The molecule has 3 N–H and O–H groups in total. The molecule has 0 aliphatic carbocycles. The Labute approximate surface area is 209 Å². The van der Waals surface area contributed by atoms with E-state index in [0.29, 0.717) is 50.8 Å². The Morgan fingerprint density at radius 1 is 1.06 bits per heavy atom. The van der Waals surface area contributed by atoms with Crippen molar-refractivity contribution >= 4 is 42.7 Å². The van der Waals surface area contributed by atoms with Crippen LogP contribution in [-0.2, 0) is 9.53 Å². The summed E-state index contributed by atoms with van der Waals surface area (Å²) in [4.78, 5) is 43.6. The van der Waals surface area contributed by atoms with Gasteiger partial charge in [0.25, 0.3) is 5.91 Å². The summed E-state index contributed by atoms with van der Waals surface area (Å²) in [6.45, 7) is 3.95. The SMILES string of the molecule is [B]N1CCN(c2ccc(-c3cnc(N)c(C(=O)Nc4cnccc4N4CCOCC4)n3)cc2)C(=O)C1. The standard InChI is InChI=1S/C24H25BN8O3/c25-32-7-8-33(21(34)15-32)17-3-1-16(2-4-17)18-14-28-23(26)22(29-18)24(35)30-19-13-27-6-5-20(19)31-9-11-36-12-10-31/h1-6,13-14H,7-12,15H2,(H2,26,28)(H,30,35). The van der Waals surface area contributed by atoms with Crippen LogP contribution < -0.4 is 20.9 Å². The first-order valence-corrected chi connectivity index (χ1v) is 11.6. The number of amides is 2. The number of nitrogen functional groups attached to an aromatic ring is 1. The van der Waals surface area contributed by atoms with Crippen LogP contribution in [0.25, 0.3) is 11.3 Å². The highest BCUT2D eigenvalue weighted by molar-refractivity contribution is 6.08. The van der Waals surface area contributed by atoms with Crippen molar-refractivity contribution in [2.45, 2.75) is 0 Å². The molecule has 12 heteroatoms. The Hall–Kier alpha value is -4.03. The van der Waals surface area contributed by atoms with Crippen LogP contribution in [0.3, 0.4) is 0 Å². The summed E-state index contributed by atoms with van der Waals surface area (Å²) >= 11 is 0. The van der Waals surface area contributed by atoms with E-state index < -0.39 is 5.91 Å². The van der Waals surface area contributed by atoms with Gasteiger partial charge in [0.2, 0.25) is 5.91 Å². The van der Waals surface area contributed by atoms with Crippen molar-refractivity contribution in [1.29, 1.82) is 0 Å². The normalized spacial score (nSPS) is 16.7. The lowest BCUT2D eigenvalue weighted by atomic mass is 10.1. The minimum absolute atomic E-state index is 0.0163. The van der Waals surface area contributed by atoms with E-state index in [1.54, 1.807) is 17.3 Å². The fourth-order valence-electron chi connectivity index (χ4n) is 4.23. The Bertz CT molecular complexity index is 1270. The molecule has 36 heavy (non-hydrogen) atoms. The van der Waals surface area contributed by atoms with Crippen molar-refractivity contribution in [3.05, 3.63) is 54.6 Å². The zero-order valence-corrected chi connectivity index (χ0v) is 19.6. The summed E-state index contributed by atoms with van der Waals surface area (Å²) in [7, 11) is 5.73. The first-order valence-electron chi connectivity index (χ1n) is 11.6. The van der Waals surface area contributed by atoms with Crippen molar-refractivity contribution in [2.24, 2.45) is 0 Å². The third-order valence-corrected chi connectivity index (χ3v) is 6.14. The number of nitrogens with one attached hydrogen (secondary N) is 1. The van der Waals surface area contributed by atoms with Crippen LogP contribution in [-0.4, -0.2) is 85.5 Å². The molecule has 4 heterocycles. The molecule has 182 valence electrons. The van der Waals surface area contributed by atoms with Gasteiger partial charge in [-0.15, -0.1) is 0 Å². The molecular weight excluding hydrogens is 459 g/mol. The molecule has 0 spiro atoms. The van der Waals surface area contributed by atoms with E-state index in [9.17, 15) is 9.59 Å². The predicted molar refractivity (Wildman–Crippen MR) is 137 cm³/mol. The number of nitrogens with zero attached hydrogens (tertiary/aromatic N) is 6. The van der Waals surface area contributed by atoms with Gasteiger partial charge in [-0.1, -0.05) is 12.1 Å². The number of piperazine rings is 1. The van der Waals surface area contributed by atoms with Crippen LogP contribution in [0.1, 0.15) is 10.5 Å². The number of ether oxygens (including phenoxy) is 1. The van der Waals surface area contributed by atoms with Gasteiger partial charge in [0.05, 0.1) is 49.2 Å². The second-order valence-corrected chi connectivity index (χ2v) is 8.50. The fourth-order valence-corrected chi connectivity index (χ4v) is 4.23. The molecule has 0 atom stereocenters. The van der Waals surface area contributed by atoms with E-state index in [2.05, 4.69) is 25.2 Å². The Morgan fingerprint density at radius 2 is 1.83 bits per heavy atom. The van der Waals surface area contributed by atoms with Gasteiger partial charge in [-0.05, 0) is 18.2 Å². The molecule has 3 aromatic rings. The summed E-state index contributed by atoms with van der Waals surface area (Å²) in [5.74, 6) is -0.518. The monoisotopic (exact) mass is 484 g/mol. The summed E-state index contributed by atoms with van der Waals surface area (Å²) in [5.41, 5.74) is 9.43. The molecule has 2 aliphatic heterocycles. The van der Waals surface area contributed by atoms with E-state index in [1.165, 1.54) is 11.0 Å². The molecule has 2 aromatic heterocycles. The Morgan fingerprint density at radius 3 is 2.58 bits per heavy atom. The van der Waals surface area contributed by atoms with Crippen molar-refractivity contribution < 1.29 is 14.3 Å². The third kappa shape index (κ3) is 5.00. The minimum atomic E-state index is -0.480. The maximum absolute atomic E-state index is 13.2. The van der Waals surface area contributed by atoms with E-state index in [4.69, 9.17) is 18.5 Å². The van der Waals surface area contributed by atoms with E-state index in [-0.39, 0.29) is 24.0 Å². The number of aromatic nitrogens is 3. The van der Waals surface area contributed by atoms with Gasteiger partial charge >= 0.3 is 0 Å². The van der Waals surface area contributed by atoms with Gasteiger partial charge in [-0.2, -0.15) is 0 Å². The van der Waals surface area contributed by atoms with Crippen LogP contribution in [0.2, 0.25) is 0 Å². The van der Waals surface area contributed by atoms with Gasteiger partial charge in [0.1, 0.15) is 0 Å². The maximum atomic E-state index is 13.2. The average Bonchev–Trinajstić information content (AvgIpc) is 2.90. The van der Waals surface area contributed by atoms with E-state index in [1.807, 2.05) is 30.3 Å². The van der Waals surface area contributed by atoms with Crippen LogP contribution in [0, 0.1) is 0 Å². The number of benzene rings is 1. The number of nitrogens with two attached hydrogens (primary N) is 1. The summed E-state index contributed by atoms with van der Waals surface area (Å²) in [6.07, 6.45) is 4.80. The number of carbonyl (C=O) groups is 2. The Kier molecular flexibility index (Phi) is 6.78. The predicted octanol–water partition coefficient (Wildman–Crippen LogP) is 0.942. The molecular formula is C24H25BN8O3. The van der Waals surface area contributed by atoms with Crippen molar-refractivity contribution in [2.75, 3.05) is 66.8 Å². The zero-order chi connectivity index (χ0) is 25.1. The largest absolute Gasteiger partial charge is 0.382 e. The van der Waals surface area contributed by atoms with E-state index >= 15 is 0 Å². The Balaban J connectivity index is 1.35. The molecule has 2 amide bonds. The molecule has 0 saturated carbocycles. The zero-order valence-electron chi connectivity index (χ0n) is 19.6.